The summed E-state index contributed by atoms with van der Waals surface area (Å²) in [6.07, 6.45) is 3.68. The van der Waals surface area contributed by atoms with E-state index in [0.29, 0.717) is 17.6 Å². The van der Waals surface area contributed by atoms with Crippen molar-refractivity contribution in [2.45, 2.75) is 44.9 Å². The van der Waals surface area contributed by atoms with Gasteiger partial charge in [-0.2, -0.15) is 4.98 Å². The molecule has 3 aromatic rings. The molecule has 0 spiro atoms. The number of piperidine rings is 1. The van der Waals surface area contributed by atoms with E-state index in [1.165, 1.54) is 5.56 Å². The highest BCUT2D eigenvalue weighted by Crippen LogP contribution is 2.31. The summed E-state index contributed by atoms with van der Waals surface area (Å²) in [5.74, 6) is -0.409. The Hall–Kier alpha value is -3.94. The molecule has 0 unspecified atom stereocenters. The van der Waals surface area contributed by atoms with Crippen LogP contribution in [0.25, 0.3) is 0 Å². The van der Waals surface area contributed by atoms with Crippen molar-refractivity contribution in [3.63, 3.8) is 0 Å². The Morgan fingerprint density at radius 2 is 1.78 bits per heavy atom. The van der Waals surface area contributed by atoms with Crippen molar-refractivity contribution in [3.8, 4) is 0 Å². The summed E-state index contributed by atoms with van der Waals surface area (Å²) in [5.41, 5.74) is 2.85. The lowest BCUT2D eigenvalue weighted by molar-refractivity contribution is -0.123. The quantitative estimate of drug-likeness (QED) is 0.492. The molecular formula is C28H31N5O3. The molecule has 2 amide bonds. The molecule has 36 heavy (non-hydrogen) atoms. The molecule has 8 heteroatoms. The van der Waals surface area contributed by atoms with Crippen molar-refractivity contribution in [1.82, 2.24) is 9.97 Å². The van der Waals surface area contributed by atoms with Crippen LogP contribution in [-0.2, 0) is 22.4 Å². The first-order valence-corrected chi connectivity index (χ1v) is 12.6. The summed E-state index contributed by atoms with van der Waals surface area (Å²) < 4.78 is 0. The van der Waals surface area contributed by atoms with E-state index in [4.69, 9.17) is 0 Å². The number of nitrogens with one attached hydrogen (secondary N) is 3. The van der Waals surface area contributed by atoms with Crippen molar-refractivity contribution in [1.29, 1.82) is 0 Å². The van der Waals surface area contributed by atoms with Gasteiger partial charge in [-0.1, -0.05) is 55.5 Å². The van der Waals surface area contributed by atoms with E-state index in [1.807, 2.05) is 37.3 Å². The van der Waals surface area contributed by atoms with Crippen LogP contribution in [0.4, 0.5) is 17.5 Å². The molecule has 0 saturated carbocycles. The third-order valence-corrected chi connectivity index (χ3v) is 7.19. The number of carbonyl (C=O) groups is 2. The molecule has 2 aliphatic heterocycles. The predicted molar refractivity (Wildman–Crippen MR) is 140 cm³/mol. The van der Waals surface area contributed by atoms with Gasteiger partial charge in [0.2, 0.25) is 17.8 Å². The first-order chi connectivity index (χ1) is 17.5. The maximum absolute atomic E-state index is 13.2. The number of aryl methyl sites for hydroxylation is 1. The Balaban J connectivity index is 1.32. The highest BCUT2D eigenvalue weighted by Gasteiger charge is 2.35. The number of carbonyl (C=O) groups excluding carboxylic acids is 2. The molecule has 2 aromatic carbocycles. The standard InChI is InChI=1S/C28H31N5O3/c1-2-20-10-6-7-11-22(20)29-26(35)21-17-23(34)30-25-24(21)27(36)32-28(31-25)33-14-12-19(13-15-33)16-18-8-4-3-5-9-18/h3-11,19,21H,2,12-17H2,1H3,(H,29,35)(H2,30,31,32,34,36)/t21-/m0/s1. The van der Waals surface area contributed by atoms with Crippen LogP contribution >= 0.6 is 0 Å². The Morgan fingerprint density at radius 1 is 1.06 bits per heavy atom. The van der Waals surface area contributed by atoms with Crippen LogP contribution in [0.15, 0.2) is 59.4 Å². The minimum atomic E-state index is -0.902. The van der Waals surface area contributed by atoms with Crippen LogP contribution in [0, 0.1) is 5.92 Å². The molecule has 1 saturated heterocycles. The minimum Gasteiger partial charge on any atom is -0.342 e. The highest BCUT2D eigenvalue weighted by atomic mass is 16.2. The normalized spacial score (nSPS) is 17.9. The number of aromatic nitrogens is 2. The number of nitrogens with zero attached hydrogens (tertiary/aromatic N) is 2. The zero-order chi connectivity index (χ0) is 25.1. The van der Waals surface area contributed by atoms with Gasteiger partial charge in [0.1, 0.15) is 5.82 Å². The summed E-state index contributed by atoms with van der Waals surface area (Å²) in [6.45, 7) is 3.55. The van der Waals surface area contributed by atoms with Gasteiger partial charge in [0, 0.05) is 25.2 Å². The molecule has 3 N–H and O–H groups in total. The van der Waals surface area contributed by atoms with Crippen LogP contribution in [0.2, 0.25) is 0 Å². The highest BCUT2D eigenvalue weighted by molar-refractivity contribution is 6.04. The molecule has 8 nitrogen and oxygen atoms in total. The van der Waals surface area contributed by atoms with Crippen molar-refractivity contribution < 1.29 is 9.59 Å². The van der Waals surface area contributed by atoms with Crippen LogP contribution in [0.1, 0.15) is 48.8 Å². The van der Waals surface area contributed by atoms with E-state index in [9.17, 15) is 14.4 Å². The molecule has 3 heterocycles. The Bertz CT molecular complexity index is 1310. The van der Waals surface area contributed by atoms with Crippen molar-refractivity contribution >= 4 is 29.3 Å². The van der Waals surface area contributed by atoms with E-state index >= 15 is 0 Å². The number of fused-ring (bicyclic) bond motifs is 1. The maximum Gasteiger partial charge on any atom is 0.258 e. The Labute approximate surface area is 210 Å². The van der Waals surface area contributed by atoms with Gasteiger partial charge in [0.15, 0.2) is 0 Å². The summed E-state index contributed by atoms with van der Waals surface area (Å²) in [4.78, 5) is 48.4. The van der Waals surface area contributed by atoms with Gasteiger partial charge in [0.05, 0.1) is 11.5 Å². The summed E-state index contributed by atoms with van der Waals surface area (Å²) in [7, 11) is 0. The number of hydrogen-bond acceptors (Lipinski definition) is 5. The number of benzene rings is 2. The average Bonchev–Trinajstić information content (AvgIpc) is 2.89. The van der Waals surface area contributed by atoms with Crippen LogP contribution < -0.4 is 21.1 Å². The fourth-order valence-electron chi connectivity index (χ4n) is 5.20. The molecular weight excluding hydrogens is 454 g/mol. The lowest BCUT2D eigenvalue weighted by Crippen LogP contribution is -2.40. The van der Waals surface area contributed by atoms with Gasteiger partial charge in [0.25, 0.3) is 5.56 Å². The third kappa shape index (κ3) is 5.03. The lowest BCUT2D eigenvalue weighted by Gasteiger charge is -2.33. The number of amides is 2. The second kappa shape index (κ2) is 10.4. The molecule has 0 aliphatic carbocycles. The molecule has 2 aliphatic rings. The third-order valence-electron chi connectivity index (χ3n) is 7.19. The van der Waals surface area contributed by atoms with Crippen LogP contribution in [0.5, 0.6) is 0 Å². The van der Waals surface area contributed by atoms with Crippen molar-refractivity contribution in [2.24, 2.45) is 5.92 Å². The van der Waals surface area contributed by atoms with Gasteiger partial charge < -0.3 is 15.5 Å². The number of hydrogen-bond donors (Lipinski definition) is 3. The summed E-state index contributed by atoms with van der Waals surface area (Å²) in [5, 5.41) is 5.63. The van der Waals surface area contributed by atoms with Crippen molar-refractivity contribution in [2.75, 3.05) is 28.6 Å². The van der Waals surface area contributed by atoms with Gasteiger partial charge in [-0.15, -0.1) is 0 Å². The number of H-pyrrole nitrogens is 1. The van der Waals surface area contributed by atoms with Gasteiger partial charge >= 0.3 is 0 Å². The molecule has 1 aromatic heterocycles. The molecule has 5 rings (SSSR count). The lowest BCUT2D eigenvalue weighted by atomic mass is 9.90. The monoisotopic (exact) mass is 485 g/mol. The van der Waals surface area contributed by atoms with Crippen LogP contribution in [0.3, 0.4) is 0 Å². The van der Waals surface area contributed by atoms with E-state index < -0.39 is 5.92 Å². The Morgan fingerprint density at radius 3 is 2.53 bits per heavy atom. The number of para-hydroxylation sites is 1. The SMILES string of the molecule is CCc1ccccc1NC(=O)[C@H]1CC(=O)Nc2nc(N3CCC(Cc4ccccc4)CC3)[nH]c(=O)c21. The second-order valence-corrected chi connectivity index (χ2v) is 9.58. The van der Waals surface area contributed by atoms with Gasteiger partial charge in [-0.05, 0) is 48.8 Å². The fraction of sp³-hybridized carbons (Fsp3) is 0.357. The number of anilines is 3. The number of aromatic amines is 1. The first kappa shape index (κ1) is 23.8. The summed E-state index contributed by atoms with van der Waals surface area (Å²) >= 11 is 0. The van der Waals surface area contributed by atoms with Gasteiger partial charge in [-0.3, -0.25) is 19.4 Å². The largest absolute Gasteiger partial charge is 0.342 e. The van der Waals surface area contributed by atoms with Crippen LogP contribution in [-0.4, -0.2) is 34.9 Å². The molecule has 0 radical (unpaired) electrons. The fourth-order valence-corrected chi connectivity index (χ4v) is 5.20. The smallest absolute Gasteiger partial charge is 0.258 e. The molecule has 1 atom stereocenters. The Kier molecular flexibility index (Phi) is 6.84. The van der Waals surface area contributed by atoms with E-state index in [1.54, 1.807) is 0 Å². The van der Waals surface area contributed by atoms with E-state index in [-0.39, 0.29) is 35.2 Å². The van der Waals surface area contributed by atoms with E-state index in [2.05, 4.69) is 49.8 Å². The molecule has 0 bridgehead atoms. The second-order valence-electron chi connectivity index (χ2n) is 9.58. The molecule has 1 fully saturated rings. The molecule has 186 valence electrons. The number of rotatable bonds is 6. The minimum absolute atomic E-state index is 0.0951. The summed E-state index contributed by atoms with van der Waals surface area (Å²) in [6, 6.07) is 18.0. The van der Waals surface area contributed by atoms with Crippen molar-refractivity contribution in [3.05, 3.63) is 81.6 Å². The first-order valence-electron chi connectivity index (χ1n) is 12.6. The van der Waals surface area contributed by atoms with E-state index in [0.717, 1.165) is 44.3 Å². The topological polar surface area (TPSA) is 107 Å². The average molecular weight is 486 g/mol. The zero-order valence-corrected chi connectivity index (χ0v) is 20.4. The maximum atomic E-state index is 13.2. The van der Waals surface area contributed by atoms with Gasteiger partial charge in [-0.25, -0.2) is 0 Å². The zero-order valence-electron chi connectivity index (χ0n) is 20.4. The predicted octanol–water partition coefficient (Wildman–Crippen LogP) is 3.86.